The van der Waals surface area contributed by atoms with Gasteiger partial charge in [0.15, 0.2) is 0 Å². The lowest BCUT2D eigenvalue weighted by atomic mass is 9.84. The number of ketones is 1. The molecule has 0 heterocycles. The summed E-state index contributed by atoms with van der Waals surface area (Å²) in [6.45, 7) is 5.75. The molecule has 5 heteroatoms. The topological polar surface area (TPSA) is 64.6 Å². The van der Waals surface area contributed by atoms with E-state index >= 15 is 0 Å². The second-order valence-electron chi connectivity index (χ2n) is 6.80. The van der Waals surface area contributed by atoms with Crippen molar-refractivity contribution in [3.63, 3.8) is 0 Å². The SMILES string of the molecule is COCC(CC(=O)C1CCCCC1)NC(=O)OC(C)(C)C. The highest BCUT2D eigenvalue weighted by Crippen LogP contribution is 2.25. The molecule has 1 saturated carbocycles. The van der Waals surface area contributed by atoms with Crippen LogP contribution in [0.3, 0.4) is 0 Å². The minimum Gasteiger partial charge on any atom is -0.444 e. The first-order valence-electron chi connectivity index (χ1n) is 7.83. The largest absolute Gasteiger partial charge is 0.444 e. The van der Waals surface area contributed by atoms with E-state index in [1.165, 1.54) is 6.42 Å². The Balaban J connectivity index is 2.48. The van der Waals surface area contributed by atoms with Gasteiger partial charge >= 0.3 is 6.09 Å². The number of alkyl carbamates (subject to hydrolysis) is 1. The normalized spacial score (nSPS) is 18.1. The van der Waals surface area contributed by atoms with E-state index in [-0.39, 0.29) is 17.7 Å². The average Bonchev–Trinajstić information content (AvgIpc) is 2.37. The molecule has 0 aliphatic heterocycles. The van der Waals surface area contributed by atoms with Gasteiger partial charge in [0.25, 0.3) is 0 Å². The molecule has 122 valence electrons. The molecule has 0 aromatic carbocycles. The second kappa shape index (κ2) is 8.37. The number of Topliss-reactive ketones (excluding diaryl/α,β-unsaturated/α-hetero) is 1. The number of amides is 1. The summed E-state index contributed by atoms with van der Waals surface area (Å²) in [5.74, 6) is 0.381. The molecule has 5 nitrogen and oxygen atoms in total. The predicted molar refractivity (Wildman–Crippen MR) is 81.2 cm³/mol. The lowest BCUT2D eigenvalue weighted by Gasteiger charge is -2.25. The molecule has 1 N–H and O–H groups in total. The van der Waals surface area contributed by atoms with E-state index in [0.29, 0.717) is 13.0 Å². The zero-order chi connectivity index (χ0) is 15.9. The van der Waals surface area contributed by atoms with Gasteiger partial charge in [-0.1, -0.05) is 19.3 Å². The van der Waals surface area contributed by atoms with E-state index in [1.54, 1.807) is 7.11 Å². The van der Waals surface area contributed by atoms with Crippen molar-refractivity contribution in [3.8, 4) is 0 Å². The molecule has 0 spiro atoms. The number of hydrogen-bond acceptors (Lipinski definition) is 4. The molecule has 0 aromatic rings. The molecule has 1 fully saturated rings. The number of hydrogen-bond donors (Lipinski definition) is 1. The van der Waals surface area contributed by atoms with Gasteiger partial charge in [-0.2, -0.15) is 0 Å². The molecule has 1 aliphatic rings. The third-order valence-electron chi connectivity index (χ3n) is 3.60. The summed E-state index contributed by atoms with van der Waals surface area (Å²) in [6.07, 6.45) is 5.26. The molecular weight excluding hydrogens is 270 g/mol. The van der Waals surface area contributed by atoms with E-state index in [0.717, 1.165) is 25.7 Å². The summed E-state index contributed by atoms with van der Waals surface area (Å²) in [5, 5.41) is 2.74. The van der Waals surface area contributed by atoms with Crippen LogP contribution in [0.2, 0.25) is 0 Å². The molecule has 1 rings (SSSR count). The van der Waals surface area contributed by atoms with Gasteiger partial charge in [-0.3, -0.25) is 4.79 Å². The van der Waals surface area contributed by atoms with E-state index in [1.807, 2.05) is 20.8 Å². The Hall–Kier alpha value is -1.10. The molecule has 0 bridgehead atoms. The van der Waals surface area contributed by atoms with Gasteiger partial charge in [0.2, 0.25) is 0 Å². The number of rotatable bonds is 6. The Morgan fingerprint density at radius 1 is 1.19 bits per heavy atom. The van der Waals surface area contributed by atoms with Crippen molar-refractivity contribution >= 4 is 11.9 Å². The molecule has 1 atom stereocenters. The van der Waals surface area contributed by atoms with Crippen LogP contribution in [0.5, 0.6) is 0 Å². The molecule has 1 unspecified atom stereocenters. The Bertz CT molecular complexity index is 343. The molecule has 0 aromatic heterocycles. The van der Waals surface area contributed by atoms with Gasteiger partial charge < -0.3 is 14.8 Å². The van der Waals surface area contributed by atoms with Crippen LogP contribution >= 0.6 is 0 Å². The summed E-state index contributed by atoms with van der Waals surface area (Å²) in [7, 11) is 1.56. The first kappa shape index (κ1) is 18.0. The summed E-state index contributed by atoms with van der Waals surface area (Å²) in [5.41, 5.74) is -0.547. The maximum absolute atomic E-state index is 12.3. The standard InChI is InChI=1S/C16H29NO4/c1-16(2,3)21-15(19)17-13(11-20-4)10-14(18)12-8-6-5-7-9-12/h12-13H,5-11H2,1-4H3,(H,17,19). The van der Waals surface area contributed by atoms with Crippen LogP contribution < -0.4 is 5.32 Å². The van der Waals surface area contributed by atoms with Crippen LogP contribution in [0, 0.1) is 5.92 Å². The predicted octanol–water partition coefficient (Wildman–Crippen LogP) is 3.07. The van der Waals surface area contributed by atoms with Crippen LogP contribution in [-0.4, -0.2) is 37.2 Å². The molecule has 21 heavy (non-hydrogen) atoms. The van der Waals surface area contributed by atoms with Crippen LogP contribution in [0.1, 0.15) is 59.3 Å². The monoisotopic (exact) mass is 299 g/mol. The van der Waals surface area contributed by atoms with Crippen LogP contribution in [0.4, 0.5) is 4.79 Å². The van der Waals surface area contributed by atoms with Crippen LogP contribution in [-0.2, 0) is 14.3 Å². The molecule has 0 radical (unpaired) electrons. The maximum atomic E-state index is 12.3. The van der Waals surface area contributed by atoms with E-state index in [4.69, 9.17) is 9.47 Å². The quantitative estimate of drug-likeness (QED) is 0.818. The smallest absolute Gasteiger partial charge is 0.407 e. The third-order valence-corrected chi connectivity index (χ3v) is 3.60. The summed E-state index contributed by atoms with van der Waals surface area (Å²) in [6, 6.07) is -0.320. The van der Waals surface area contributed by atoms with Gasteiger partial charge in [0, 0.05) is 19.4 Å². The number of carbonyl (C=O) groups excluding carboxylic acids is 2. The number of nitrogens with one attached hydrogen (secondary N) is 1. The number of carbonyl (C=O) groups is 2. The zero-order valence-corrected chi connectivity index (χ0v) is 13.7. The highest BCUT2D eigenvalue weighted by atomic mass is 16.6. The van der Waals surface area contributed by atoms with E-state index < -0.39 is 11.7 Å². The van der Waals surface area contributed by atoms with Crippen LogP contribution in [0.15, 0.2) is 0 Å². The van der Waals surface area contributed by atoms with Crippen LogP contribution in [0.25, 0.3) is 0 Å². The average molecular weight is 299 g/mol. The highest BCUT2D eigenvalue weighted by molar-refractivity contribution is 5.82. The Morgan fingerprint density at radius 2 is 1.81 bits per heavy atom. The zero-order valence-electron chi connectivity index (χ0n) is 13.7. The second-order valence-corrected chi connectivity index (χ2v) is 6.80. The van der Waals surface area contributed by atoms with Crippen molar-refractivity contribution in [1.29, 1.82) is 0 Å². The molecule has 1 aliphatic carbocycles. The van der Waals surface area contributed by atoms with Crippen molar-refractivity contribution in [2.24, 2.45) is 5.92 Å². The van der Waals surface area contributed by atoms with E-state index in [9.17, 15) is 9.59 Å². The van der Waals surface area contributed by atoms with Crippen molar-refractivity contribution < 1.29 is 19.1 Å². The minimum atomic E-state index is -0.547. The fourth-order valence-electron chi connectivity index (χ4n) is 2.66. The van der Waals surface area contributed by atoms with Crippen molar-refractivity contribution in [3.05, 3.63) is 0 Å². The minimum absolute atomic E-state index is 0.151. The Labute approximate surface area is 127 Å². The maximum Gasteiger partial charge on any atom is 0.407 e. The van der Waals surface area contributed by atoms with Gasteiger partial charge in [-0.15, -0.1) is 0 Å². The lowest BCUT2D eigenvalue weighted by Crippen LogP contribution is -2.43. The first-order valence-corrected chi connectivity index (χ1v) is 7.83. The van der Waals surface area contributed by atoms with E-state index in [2.05, 4.69) is 5.32 Å². The van der Waals surface area contributed by atoms with Crippen molar-refractivity contribution in [1.82, 2.24) is 5.32 Å². The fraction of sp³-hybridized carbons (Fsp3) is 0.875. The highest BCUT2D eigenvalue weighted by Gasteiger charge is 2.26. The van der Waals surface area contributed by atoms with Gasteiger partial charge in [0.1, 0.15) is 11.4 Å². The van der Waals surface area contributed by atoms with Gasteiger partial charge in [0.05, 0.1) is 12.6 Å². The first-order chi connectivity index (χ1) is 9.81. The fourth-order valence-corrected chi connectivity index (χ4v) is 2.66. The number of methoxy groups -OCH3 is 1. The molecule has 0 saturated heterocycles. The molecule has 1 amide bonds. The Morgan fingerprint density at radius 3 is 2.33 bits per heavy atom. The number of ether oxygens (including phenoxy) is 2. The van der Waals surface area contributed by atoms with Gasteiger partial charge in [-0.05, 0) is 33.6 Å². The van der Waals surface area contributed by atoms with Gasteiger partial charge in [-0.25, -0.2) is 4.79 Å². The summed E-state index contributed by atoms with van der Waals surface area (Å²) >= 11 is 0. The Kier molecular flexibility index (Phi) is 7.15. The summed E-state index contributed by atoms with van der Waals surface area (Å²) in [4.78, 5) is 24.1. The lowest BCUT2D eigenvalue weighted by molar-refractivity contribution is -0.124. The summed E-state index contributed by atoms with van der Waals surface area (Å²) < 4.78 is 10.3. The van der Waals surface area contributed by atoms with Crippen molar-refractivity contribution in [2.45, 2.75) is 70.9 Å². The third kappa shape index (κ3) is 7.46. The molecular formula is C16H29NO4. The van der Waals surface area contributed by atoms with Crippen molar-refractivity contribution in [2.75, 3.05) is 13.7 Å².